The number of hydrogen-bond donors (Lipinski definition) is 1. The first-order chi connectivity index (χ1) is 13.4. The minimum Gasteiger partial charge on any atom is -0.466 e. The van der Waals surface area contributed by atoms with Gasteiger partial charge in [-0.2, -0.15) is 0 Å². The maximum absolute atomic E-state index is 12.4. The van der Waals surface area contributed by atoms with Crippen LogP contribution in [-0.4, -0.2) is 42.6 Å². The van der Waals surface area contributed by atoms with E-state index in [9.17, 15) is 9.59 Å². The summed E-state index contributed by atoms with van der Waals surface area (Å²) in [5, 5.41) is 0. The molecule has 0 radical (unpaired) electrons. The van der Waals surface area contributed by atoms with Crippen molar-refractivity contribution in [3.05, 3.63) is 27.7 Å². The topological polar surface area (TPSA) is 81.9 Å². The number of carbonyl (C=O) groups excluding carboxylic acids is 2. The summed E-state index contributed by atoms with van der Waals surface area (Å²) in [7, 11) is 0. The number of ether oxygens (including phenoxy) is 2. The highest BCUT2D eigenvalue weighted by atomic mass is 79.9. The van der Waals surface area contributed by atoms with Gasteiger partial charge in [0.25, 0.3) is 0 Å². The van der Waals surface area contributed by atoms with Crippen LogP contribution >= 0.6 is 15.9 Å². The van der Waals surface area contributed by atoms with E-state index in [0.717, 1.165) is 18.7 Å². The Kier molecular flexibility index (Phi) is 9.25. The molecule has 28 heavy (non-hydrogen) atoms. The zero-order valence-corrected chi connectivity index (χ0v) is 18.4. The summed E-state index contributed by atoms with van der Waals surface area (Å²) in [5.41, 5.74) is 8.36. The molecule has 1 fully saturated rings. The molecule has 2 rings (SSSR count). The quantitative estimate of drug-likeness (QED) is 0.340. The first kappa shape index (κ1) is 22.7. The molecule has 0 spiro atoms. The van der Waals surface area contributed by atoms with Gasteiger partial charge < -0.3 is 15.2 Å². The summed E-state index contributed by atoms with van der Waals surface area (Å²) in [6.45, 7) is 5.64. The number of esters is 2. The Labute approximate surface area is 175 Å². The minimum atomic E-state index is -0.398. The zero-order valence-electron chi connectivity index (χ0n) is 16.8. The number of nitrogens with two attached hydrogens (primary N) is 1. The van der Waals surface area contributed by atoms with Crippen LogP contribution in [0.5, 0.6) is 0 Å². The predicted octanol–water partition coefficient (Wildman–Crippen LogP) is 4.30. The highest BCUT2D eigenvalue weighted by molar-refractivity contribution is 9.10. The van der Waals surface area contributed by atoms with Gasteiger partial charge in [-0.05, 0) is 53.0 Å². The highest BCUT2D eigenvalue weighted by Crippen LogP contribution is 2.29. The fraction of sp³-hybridized carbons (Fsp3) is 0.619. The average Bonchev–Trinajstić information content (AvgIpc) is 2.69. The van der Waals surface area contributed by atoms with E-state index in [0.29, 0.717) is 28.2 Å². The summed E-state index contributed by atoms with van der Waals surface area (Å²) in [6.07, 6.45) is 6.79. The molecule has 1 saturated carbocycles. The van der Waals surface area contributed by atoms with Crippen LogP contribution in [0.2, 0.25) is 0 Å². The van der Waals surface area contributed by atoms with Gasteiger partial charge in [-0.1, -0.05) is 26.2 Å². The van der Waals surface area contributed by atoms with Gasteiger partial charge in [-0.25, -0.2) is 4.79 Å². The first-order valence-corrected chi connectivity index (χ1v) is 10.8. The lowest BCUT2D eigenvalue weighted by molar-refractivity contribution is -0.141. The van der Waals surface area contributed by atoms with Crippen molar-refractivity contribution in [1.82, 2.24) is 4.90 Å². The number of nitrogen functional groups attached to an aromatic ring is 1. The molecule has 1 aromatic rings. The maximum atomic E-state index is 12.4. The fourth-order valence-corrected chi connectivity index (χ4v) is 4.11. The molecule has 0 unspecified atom stereocenters. The van der Waals surface area contributed by atoms with Crippen molar-refractivity contribution >= 4 is 33.6 Å². The van der Waals surface area contributed by atoms with Gasteiger partial charge >= 0.3 is 11.9 Å². The maximum Gasteiger partial charge on any atom is 0.338 e. The Balaban J connectivity index is 2.01. The third-order valence-corrected chi connectivity index (χ3v) is 5.80. The molecule has 7 heteroatoms. The van der Waals surface area contributed by atoms with E-state index in [2.05, 4.69) is 27.8 Å². The minimum absolute atomic E-state index is 0.201. The molecule has 0 heterocycles. The normalized spacial score (nSPS) is 14.9. The number of carbonyl (C=O) groups is 2. The molecule has 0 aromatic heterocycles. The second-order valence-corrected chi connectivity index (χ2v) is 8.07. The lowest BCUT2D eigenvalue weighted by atomic mass is 9.93. The fourth-order valence-electron chi connectivity index (χ4n) is 3.61. The van der Waals surface area contributed by atoms with Gasteiger partial charge in [0.1, 0.15) is 0 Å². The van der Waals surface area contributed by atoms with E-state index in [1.165, 1.54) is 39.0 Å². The van der Waals surface area contributed by atoms with Crippen LogP contribution in [0.15, 0.2) is 16.6 Å². The van der Waals surface area contributed by atoms with E-state index < -0.39 is 5.97 Å². The lowest BCUT2D eigenvalue weighted by Crippen LogP contribution is -2.36. The monoisotopic (exact) mass is 454 g/mol. The summed E-state index contributed by atoms with van der Waals surface area (Å²) in [5.74, 6) is -0.734. The van der Waals surface area contributed by atoms with Crippen molar-refractivity contribution in [2.75, 3.05) is 25.5 Å². The van der Waals surface area contributed by atoms with Crippen LogP contribution in [0.25, 0.3) is 0 Å². The summed E-state index contributed by atoms with van der Waals surface area (Å²) in [4.78, 5) is 25.6. The van der Waals surface area contributed by atoms with Gasteiger partial charge in [0.05, 0.1) is 24.5 Å². The number of benzene rings is 1. The van der Waals surface area contributed by atoms with Crippen LogP contribution in [-0.2, 0) is 20.8 Å². The summed E-state index contributed by atoms with van der Waals surface area (Å²) < 4.78 is 10.8. The third-order valence-electron chi connectivity index (χ3n) is 5.15. The Morgan fingerprint density at radius 1 is 1.18 bits per heavy atom. The Hall–Kier alpha value is -1.60. The van der Waals surface area contributed by atoms with E-state index >= 15 is 0 Å². The number of anilines is 1. The first-order valence-electron chi connectivity index (χ1n) is 10.0. The second-order valence-electron chi connectivity index (χ2n) is 7.22. The van der Waals surface area contributed by atoms with Crippen molar-refractivity contribution in [2.24, 2.45) is 0 Å². The molecule has 0 aliphatic heterocycles. The second kappa shape index (κ2) is 11.4. The molecular formula is C21H31BrN2O4. The smallest absolute Gasteiger partial charge is 0.338 e. The lowest BCUT2D eigenvalue weighted by Gasteiger charge is -2.34. The van der Waals surface area contributed by atoms with Crippen molar-refractivity contribution in [2.45, 2.75) is 65.0 Å². The van der Waals surface area contributed by atoms with Crippen LogP contribution in [0.1, 0.15) is 68.3 Å². The molecule has 6 nitrogen and oxygen atoms in total. The number of rotatable bonds is 9. The van der Waals surface area contributed by atoms with Crippen LogP contribution < -0.4 is 5.73 Å². The van der Waals surface area contributed by atoms with Gasteiger partial charge in [-0.15, -0.1) is 0 Å². The number of nitrogens with zero attached hydrogens (tertiary/aromatic N) is 1. The molecule has 1 aliphatic rings. The molecule has 1 aliphatic carbocycles. The third kappa shape index (κ3) is 6.78. The molecule has 156 valence electrons. The molecule has 0 saturated heterocycles. The number of halogens is 1. The van der Waals surface area contributed by atoms with Crippen molar-refractivity contribution in [3.63, 3.8) is 0 Å². The molecule has 0 atom stereocenters. The van der Waals surface area contributed by atoms with E-state index in [-0.39, 0.29) is 19.2 Å². The van der Waals surface area contributed by atoms with E-state index in [1.807, 2.05) is 6.07 Å². The summed E-state index contributed by atoms with van der Waals surface area (Å²) in [6, 6.07) is 4.11. The van der Waals surface area contributed by atoms with Crippen molar-refractivity contribution in [1.29, 1.82) is 0 Å². The Bertz CT molecular complexity index is 675. The predicted molar refractivity (Wildman–Crippen MR) is 113 cm³/mol. The molecule has 0 amide bonds. The van der Waals surface area contributed by atoms with Crippen LogP contribution in [0.4, 0.5) is 5.69 Å². The van der Waals surface area contributed by atoms with Gasteiger partial charge in [0.15, 0.2) is 0 Å². The van der Waals surface area contributed by atoms with Crippen molar-refractivity contribution < 1.29 is 19.1 Å². The van der Waals surface area contributed by atoms with Gasteiger partial charge in [0, 0.05) is 30.4 Å². The Morgan fingerprint density at radius 3 is 2.50 bits per heavy atom. The molecule has 1 aromatic carbocycles. The van der Waals surface area contributed by atoms with Gasteiger partial charge in [-0.3, -0.25) is 9.69 Å². The molecular weight excluding hydrogens is 424 g/mol. The largest absolute Gasteiger partial charge is 0.466 e. The molecule has 2 N–H and O–H groups in total. The average molecular weight is 455 g/mol. The SMILES string of the molecule is CCN(Cc1cc(C(=O)OCCCOC(C)=O)cc(Br)c1N)C1CCCCC1. The highest BCUT2D eigenvalue weighted by Gasteiger charge is 2.22. The van der Waals surface area contributed by atoms with E-state index in [1.54, 1.807) is 6.07 Å². The number of hydrogen-bond acceptors (Lipinski definition) is 6. The van der Waals surface area contributed by atoms with Crippen LogP contribution in [0, 0.1) is 0 Å². The Morgan fingerprint density at radius 2 is 1.86 bits per heavy atom. The molecule has 0 bridgehead atoms. The van der Waals surface area contributed by atoms with Crippen LogP contribution in [0.3, 0.4) is 0 Å². The standard InChI is InChI=1S/C21H31BrN2O4/c1-3-24(18-8-5-4-6-9-18)14-17-12-16(13-19(22)20(17)23)21(26)28-11-7-10-27-15(2)25/h12-13,18H,3-11,14,23H2,1-2H3. The van der Waals surface area contributed by atoms with Gasteiger partial charge in [0.2, 0.25) is 0 Å². The van der Waals surface area contributed by atoms with E-state index in [4.69, 9.17) is 15.2 Å². The summed E-state index contributed by atoms with van der Waals surface area (Å²) >= 11 is 3.47. The zero-order chi connectivity index (χ0) is 20.5. The van der Waals surface area contributed by atoms with Crippen molar-refractivity contribution in [3.8, 4) is 0 Å².